The van der Waals surface area contributed by atoms with E-state index < -0.39 is 6.10 Å². The van der Waals surface area contributed by atoms with Crippen LogP contribution in [-0.4, -0.2) is 19.2 Å². The highest BCUT2D eigenvalue weighted by atomic mass is 16.6. The van der Waals surface area contributed by atoms with Gasteiger partial charge in [-0.3, -0.25) is 0 Å². The van der Waals surface area contributed by atoms with Gasteiger partial charge in [0.2, 0.25) is 0 Å². The minimum atomic E-state index is -0.402. The second-order valence-electron chi connectivity index (χ2n) is 3.36. The molecule has 1 saturated heterocycles. The van der Waals surface area contributed by atoms with Crippen molar-refractivity contribution in [2.24, 2.45) is 0 Å². The Bertz CT molecular complexity index is 359. The summed E-state index contributed by atoms with van der Waals surface area (Å²) in [5.74, 6) is -0.293. The Hall–Kier alpha value is -1.35. The number of hydrogen-bond donors (Lipinski definition) is 0. The monoisotopic (exact) mass is 192 g/mol. The minimum absolute atomic E-state index is 0.108. The van der Waals surface area contributed by atoms with Crippen molar-refractivity contribution < 1.29 is 14.3 Å². The maximum atomic E-state index is 11.1. The largest absolute Gasteiger partial charge is 0.467 e. The van der Waals surface area contributed by atoms with Gasteiger partial charge in [-0.2, -0.15) is 0 Å². The van der Waals surface area contributed by atoms with E-state index in [0.29, 0.717) is 0 Å². The first-order valence-electron chi connectivity index (χ1n) is 4.53. The van der Waals surface area contributed by atoms with Gasteiger partial charge in [0.25, 0.3) is 0 Å². The van der Waals surface area contributed by atoms with Crippen LogP contribution in [0, 0.1) is 6.92 Å². The molecule has 0 bridgehead atoms. The molecule has 0 unspecified atom stereocenters. The van der Waals surface area contributed by atoms with E-state index in [9.17, 15) is 4.79 Å². The fraction of sp³-hybridized carbons (Fsp3) is 0.364. The first kappa shape index (κ1) is 9.21. The predicted octanol–water partition coefficient (Wildman–Crippen LogP) is 1.61. The molecular weight excluding hydrogens is 180 g/mol. The molecule has 0 radical (unpaired) electrons. The van der Waals surface area contributed by atoms with Gasteiger partial charge in [-0.1, -0.05) is 24.3 Å². The summed E-state index contributed by atoms with van der Waals surface area (Å²) < 4.78 is 9.86. The molecule has 0 amide bonds. The number of aryl methyl sites for hydroxylation is 1. The van der Waals surface area contributed by atoms with Gasteiger partial charge in [-0.05, 0) is 18.1 Å². The van der Waals surface area contributed by atoms with Crippen molar-refractivity contribution in [1.29, 1.82) is 0 Å². The third kappa shape index (κ3) is 1.51. The van der Waals surface area contributed by atoms with Crippen LogP contribution in [0.2, 0.25) is 0 Å². The van der Waals surface area contributed by atoms with E-state index in [0.717, 1.165) is 11.1 Å². The standard InChI is InChI=1S/C11H12O3/c1-7-5-3-4-6-8(7)9-10(14-9)11(12)13-2/h3-6,9-10H,1-2H3/t9-,10-/m1/s1. The maximum Gasteiger partial charge on any atom is 0.338 e. The Labute approximate surface area is 82.6 Å². The molecule has 0 aliphatic carbocycles. The molecule has 1 fully saturated rings. The molecule has 1 aromatic carbocycles. The summed E-state index contributed by atoms with van der Waals surface area (Å²) in [6.07, 6.45) is -0.509. The summed E-state index contributed by atoms with van der Waals surface area (Å²) in [6.45, 7) is 2.01. The van der Waals surface area contributed by atoms with E-state index in [1.54, 1.807) is 0 Å². The topological polar surface area (TPSA) is 38.8 Å². The zero-order chi connectivity index (χ0) is 10.1. The highest BCUT2D eigenvalue weighted by molar-refractivity contribution is 5.78. The van der Waals surface area contributed by atoms with Crippen LogP contribution in [0.25, 0.3) is 0 Å². The average Bonchev–Trinajstić information content (AvgIpc) is 2.97. The van der Waals surface area contributed by atoms with Crippen LogP contribution in [0.15, 0.2) is 24.3 Å². The molecule has 1 aromatic rings. The van der Waals surface area contributed by atoms with Gasteiger partial charge in [-0.25, -0.2) is 4.79 Å². The molecule has 0 saturated carbocycles. The smallest absolute Gasteiger partial charge is 0.338 e. The van der Waals surface area contributed by atoms with E-state index >= 15 is 0 Å². The number of benzene rings is 1. The van der Waals surface area contributed by atoms with Crippen LogP contribution in [0.5, 0.6) is 0 Å². The molecule has 0 aromatic heterocycles. The van der Waals surface area contributed by atoms with E-state index in [2.05, 4.69) is 4.74 Å². The molecule has 0 spiro atoms. The zero-order valence-corrected chi connectivity index (χ0v) is 8.19. The number of epoxide rings is 1. The fourth-order valence-corrected chi connectivity index (χ4v) is 1.55. The van der Waals surface area contributed by atoms with Crippen LogP contribution in [0.1, 0.15) is 17.2 Å². The van der Waals surface area contributed by atoms with Crippen LogP contribution in [-0.2, 0) is 14.3 Å². The molecular formula is C11H12O3. The summed E-state index contributed by atoms with van der Waals surface area (Å²) in [4.78, 5) is 11.1. The molecule has 3 nitrogen and oxygen atoms in total. The van der Waals surface area contributed by atoms with Crippen LogP contribution >= 0.6 is 0 Å². The quantitative estimate of drug-likeness (QED) is 0.527. The van der Waals surface area contributed by atoms with Crippen LogP contribution in [0.4, 0.5) is 0 Å². The number of carbonyl (C=O) groups excluding carboxylic acids is 1. The number of esters is 1. The van der Waals surface area contributed by atoms with Crippen molar-refractivity contribution in [3.63, 3.8) is 0 Å². The van der Waals surface area contributed by atoms with E-state index in [1.165, 1.54) is 7.11 Å². The Morgan fingerprint density at radius 1 is 1.43 bits per heavy atom. The minimum Gasteiger partial charge on any atom is -0.467 e. The number of methoxy groups -OCH3 is 1. The van der Waals surface area contributed by atoms with Gasteiger partial charge in [0.15, 0.2) is 6.10 Å². The zero-order valence-electron chi connectivity index (χ0n) is 8.19. The average molecular weight is 192 g/mol. The van der Waals surface area contributed by atoms with E-state index in [4.69, 9.17) is 4.74 Å². The lowest BCUT2D eigenvalue weighted by Gasteiger charge is -2.00. The lowest BCUT2D eigenvalue weighted by Crippen LogP contribution is -2.09. The SMILES string of the molecule is COC(=O)[C@@H]1O[C@@H]1c1ccccc1C. The van der Waals surface area contributed by atoms with Gasteiger partial charge in [0.1, 0.15) is 6.10 Å². The Morgan fingerprint density at radius 2 is 2.14 bits per heavy atom. The van der Waals surface area contributed by atoms with Gasteiger partial charge in [-0.15, -0.1) is 0 Å². The fourth-order valence-electron chi connectivity index (χ4n) is 1.55. The molecule has 74 valence electrons. The maximum absolute atomic E-state index is 11.1. The van der Waals surface area contributed by atoms with Crippen molar-refractivity contribution in [3.05, 3.63) is 35.4 Å². The van der Waals surface area contributed by atoms with E-state index in [-0.39, 0.29) is 12.1 Å². The summed E-state index contributed by atoms with van der Waals surface area (Å²) in [7, 11) is 1.37. The van der Waals surface area contributed by atoms with Crippen molar-refractivity contribution in [1.82, 2.24) is 0 Å². The molecule has 14 heavy (non-hydrogen) atoms. The predicted molar refractivity (Wildman–Crippen MR) is 50.8 cm³/mol. The molecule has 2 rings (SSSR count). The summed E-state index contributed by atoms with van der Waals surface area (Å²) in [5.41, 5.74) is 2.21. The van der Waals surface area contributed by atoms with Gasteiger partial charge >= 0.3 is 5.97 Å². The molecule has 2 atom stereocenters. The lowest BCUT2D eigenvalue weighted by atomic mass is 10.0. The van der Waals surface area contributed by atoms with Crippen LogP contribution < -0.4 is 0 Å². The number of ether oxygens (including phenoxy) is 2. The second-order valence-corrected chi connectivity index (χ2v) is 3.36. The number of hydrogen-bond acceptors (Lipinski definition) is 3. The van der Waals surface area contributed by atoms with Crippen molar-refractivity contribution in [3.8, 4) is 0 Å². The Balaban J connectivity index is 2.13. The highest BCUT2D eigenvalue weighted by Gasteiger charge is 2.47. The lowest BCUT2D eigenvalue weighted by molar-refractivity contribution is -0.142. The Morgan fingerprint density at radius 3 is 2.79 bits per heavy atom. The summed E-state index contributed by atoms with van der Waals surface area (Å²) in [6, 6.07) is 7.89. The van der Waals surface area contributed by atoms with Crippen molar-refractivity contribution >= 4 is 5.97 Å². The molecule has 1 aliphatic rings. The van der Waals surface area contributed by atoms with Gasteiger partial charge in [0.05, 0.1) is 7.11 Å². The summed E-state index contributed by atoms with van der Waals surface area (Å²) >= 11 is 0. The van der Waals surface area contributed by atoms with Gasteiger partial charge in [0, 0.05) is 0 Å². The first-order chi connectivity index (χ1) is 6.74. The second kappa shape index (κ2) is 3.42. The number of carbonyl (C=O) groups is 1. The summed E-state index contributed by atoms with van der Waals surface area (Å²) in [5, 5.41) is 0. The molecule has 3 heteroatoms. The normalized spacial score (nSPS) is 24.4. The molecule has 1 aliphatic heterocycles. The Kier molecular flexibility index (Phi) is 2.25. The van der Waals surface area contributed by atoms with Crippen molar-refractivity contribution in [2.45, 2.75) is 19.1 Å². The van der Waals surface area contributed by atoms with Gasteiger partial charge < -0.3 is 9.47 Å². The number of rotatable bonds is 2. The van der Waals surface area contributed by atoms with E-state index in [1.807, 2.05) is 31.2 Å². The first-order valence-corrected chi connectivity index (χ1v) is 4.53. The highest BCUT2D eigenvalue weighted by Crippen LogP contribution is 2.40. The third-order valence-electron chi connectivity index (χ3n) is 2.42. The molecule has 0 N–H and O–H groups in total. The molecule has 1 heterocycles. The third-order valence-corrected chi connectivity index (χ3v) is 2.42. The van der Waals surface area contributed by atoms with Crippen LogP contribution in [0.3, 0.4) is 0 Å². The van der Waals surface area contributed by atoms with Crippen molar-refractivity contribution in [2.75, 3.05) is 7.11 Å².